The van der Waals surface area contributed by atoms with E-state index in [0.29, 0.717) is 5.82 Å². The van der Waals surface area contributed by atoms with Crippen LogP contribution >= 0.6 is 0 Å². The first-order valence-electron chi connectivity index (χ1n) is 3.60. The van der Waals surface area contributed by atoms with Gasteiger partial charge in [-0.1, -0.05) is 6.58 Å². The number of methoxy groups -OCH3 is 1. The van der Waals surface area contributed by atoms with Crippen molar-refractivity contribution in [2.45, 2.75) is 6.92 Å². The third-order valence-corrected chi connectivity index (χ3v) is 1.57. The zero-order valence-electron chi connectivity index (χ0n) is 7.29. The monoisotopic (exact) mass is 164 g/mol. The van der Waals surface area contributed by atoms with Crippen molar-refractivity contribution in [3.63, 3.8) is 0 Å². The van der Waals surface area contributed by atoms with Gasteiger partial charge in [-0.2, -0.15) is 0 Å². The lowest BCUT2D eigenvalue weighted by atomic mass is 10.1. The Kier molecular flexibility index (Phi) is 2.33. The van der Waals surface area contributed by atoms with Crippen LogP contribution in [0, 0.1) is 0 Å². The Hall–Kier alpha value is -1.51. The molecule has 1 aromatic heterocycles. The SMILES string of the molecule is C=C(C)c1cnc(N)cc1OC. The van der Waals surface area contributed by atoms with Crippen molar-refractivity contribution in [2.24, 2.45) is 0 Å². The number of pyridine rings is 1. The molecule has 3 heteroatoms. The Morgan fingerprint density at radius 3 is 2.83 bits per heavy atom. The number of nitrogens with zero attached hydrogens (tertiary/aromatic N) is 1. The summed E-state index contributed by atoms with van der Waals surface area (Å²) < 4.78 is 5.11. The Morgan fingerprint density at radius 1 is 1.67 bits per heavy atom. The quantitative estimate of drug-likeness (QED) is 0.723. The van der Waals surface area contributed by atoms with E-state index in [9.17, 15) is 0 Å². The second kappa shape index (κ2) is 3.26. The molecule has 0 saturated heterocycles. The van der Waals surface area contributed by atoms with Gasteiger partial charge < -0.3 is 10.5 Å². The first kappa shape index (κ1) is 8.59. The summed E-state index contributed by atoms with van der Waals surface area (Å²) in [7, 11) is 1.60. The molecule has 64 valence electrons. The lowest BCUT2D eigenvalue weighted by Gasteiger charge is -2.07. The van der Waals surface area contributed by atoms with Gasteiger partial charge in [-0.3, -0.25) is 0 Å². The van der Waals surface area contributed by atoms with Crippen molar-refractivity contribution >= 4 is 11.4 Å². The predicted octanol–water partition coefficient (Wildman–Crippen LogP) is 1.71. The Labute approximate surface area is 71.9 Å². The highest BCUT2D eigenvalue weighted by molar-refractivity contribution is 5.67. The van der Waals surface area contributed by atoms with Gasteiger partial charge in [0.2, 0.25) is 0 Å². The zero-order chi connectivity index (χ0) is 9.14. The van der Waals surface area contributed by atoms with Crippen LogP contribution in [0.4, 0.5) is 5.82 Å². The minimum Gasteiger partial charge on any atom is -0.496 e. The molecule has 0 saturated carbocycles. The molecule has 1 heterocycles. The highest BCUT2D eigenvalue weighted by Gasteiger charge is 2.03. The number of nitrogens with two attached hydrogens (primary N) is 1. The molecule has 0 aliphatic rings. The van der Waals surface area contributed by atoms with Crippen molar-refractivity contribution in [3.8, 4) is 5.75 Å². The van der Waals surface area contributed by atoms with Gasteiger partial charge >= 0.3 is 0 Å². The third-order valence-electron chi connectivity index (χ3n) is 1.57. The van der Waals surface area contributed by atoms with Gasteiger partial charge in [0.25, 0.3) is 0 Å². The molecule has 0 aliphatic carbocycles. The summed E-state index contributed by atoms with van der Waals surface area (Å²) in [6.45, 7) is 5.70. The maximum atomic E-state index is 5.48. The Morgan fingerprint density at radius 2 is 2.33 bits per heavy atom. The van der Waals surface area contributed by atoms with Gasteiger partial charge in [0.1, 0.15) is 11.6 Å². The second-order valence-electron chi connectivity index (χ2n) is 2.59. The van der Waals surface area contributed by atoms with E-state index in [-0.39, 0.29) is 0 Å². The number of rotatable bonds is 2. The molecule has 0 radical (unpaired) electrons. The van der Waals surface area contributed by atoms with Crippen LogP contribution in [-0.4, -0.2) is 12.1 Å². The summed E-state index contributed by atoms with van der Waals surface area (Å²) in [5.74, 6) is 1.17. The average molecular weight is 164 g/mol. The van der Waals surface area contributed by atoms with Crippen LogP contribution in [0.2, 0.25) is 0 Å². The molecule has 0 unspecified atom stereocenters. The summed E-state index contributed by atoms with van der Waals surface area (Å²) in [5.41, 5.74) is 7.29. The van der Waals surface area contributed by atoms with E-state index in [1.54, 1.807) is 19.4 Å². The Bertz CT molecular complexity index is 307. The van der Waals surface area contributed by atoms with Crippen molar-refractivity contribution in [2.75, 3.05) is 12.8 Å². The van der Waals surface area contributed by atoms with Crippen LogP contribution in [-0.2, 0) is 0 Å². The molecule has 0 atom stereocenters. The van der Waals surface area contributed by atoms with Crippen LogP contribution in [0.5, 0.6) is 5.75 Å². The van der Waals surface area contributed by atoms with E-state index in [4.69, 9.17) is 10.5 Å². The fourth-order valence-corrected chi connectivity index (χ4v) is 0.941. The molecule has 0 spiro atoms. The predicted molar refractivity (Wildman–Crippen MR) is 49.9 cm³/mol. The van der Waals surface area contributed by atoms with E-state index in [0.717, 1.165) is 16.9 Å². The van der Waals surface area contributed by atoms with Gasteiger partial charge in [0.05, 0.1) is 7.11 Å². The standard InChI is InChI=1S/C9H12N2O/c1-6(2)7-5-11-9(10)4-8(7)12-3/h4-5H,1H2,2-3H3,(H2,10,11). The van der Waals surface area contributed by atoms with Gasteiger partial charge in [-0.15, -0.1) is 0 Å². The minimum absolute atomic E-state index is 0.455. The maximum absolute atomic E-state index is 5.48. The first-order chi connectivity index (χ1) is 5.65. The third kappa shape index (κ3) is 1.56. The molecule has 12 heavy (non-hydrogen) atoms. The number of nitrogen functional groups attached to an aromatic ring is 1. The summed E-state index contributed by atoms with van der Waals surface area (Å²) in [5, 5.41) is 0. The van der Waals surface area contributed by atoms with Crippen molar-refractivity contribution in [1.82, 2.24) is 4.98 Å². The van der Waals surface area contributed by atoms with Crippen molar-refractivity contribution < 1.29 is 4.74 Å². The van der Waals surface area contributed by atoms with Crippen LogP contribution in [0.1, 0.15) is 12.5 Å². The number of aromatic nitrogens is 1. The highest BCUT2D eigenvalue weighted by atomic mass is 16.5. The molecular weight excluding hydrogens is 152 g/mol. The van der Waals surface area contributed by atoms with Crippen LogP contribution in [0.25, 0.3) is 5.57 Å². The smallest absolute Gasteiger partial charge is 0.131 e. The van der Waals surface area contributed by atoms with Crippen molar-refractivity contribution in [1.29, 1.82) is 0 Å². The zero-order valence-corrected chi connectivity index (χ0v) is 7.29. The van der Waals surface area contributed by atoms with Gasteiger partial charge in [0.15, 0.2) is 0 Å². The van der Waals surface area contributed by atoms with E-state index < -0.39 is 0 Å². The number of hydrogen-bond donors (Lipinski definition) is 1. The van der Waals surface area contributed by atoms with E-state index in [1.165, 1.54) is 0 Å². The molecule has 0 aromatic carbocycles. The lowest BCUT2D eigenvalue weighted by Crippen LogP contribution is -1.95. The molecule has 2 N–H and O–H groups in total. The van der Waals surface area contributed by atoms with Crippen LogP contribution < -0.4 is 10.5 Å². The second-order valence-corrected chi connectivity index (χ2v) is 2.59. The molecule has 1 rings (SSSR count). The minimum atomic E-state index is 0.455. The Balaban J connectivity index is 3.20. The largest absolute Gasteiger partial charge is 0.496 e. The first-order valence-corrected chi connectivity index (χ1v) is 3.60. The number of hydrogen-bond acceptors (Lipinski definition) is 3. The summed E-state index contributed by atoms with van der Waals surface area (Å²) in [6.07, 6.45) is 1.66. The highest BCUT2D eigenvalue weighted by Crippen LogP contribution is 2.24. The fraction of sp³-hybridized carbons (Fsp3) is 0.222. The van der Waals surface area contributed by atoms with Crippen molar-refractivity contribution in [3.05, 3.63) is 24.4 Å². The number of ether oxygens (including phenoxy) is 1. The van der Waals surface area contributed by atoms with E-state index >= 15 is 0 Å². The fourth-order valence-electron chi connectivity index (χ4n) is 0.941. The van der Waals surface area contributed by atoms with Gasteiger partial charge in [0, 0.05) is 17.8 Å². The summed E-state index contributed by atoms with van der Waals surface area (Å²) >= 11 is 0. The van der Waals surface area contributed by atoms with Gasteiger partial charge in [-0.05, 0) is 12.5 Å². The lowest BCUT2D eigenvalue weighted by molar-refractivity contribution is 0.413. The summed E-state index contributed by atoms with van der Waals surface area (Å²) in [4.78, 5) is 3.95. The molecular formula is C9H12N2O. The molecule has 0 amide bonds. The average Bonchev–Trinajstić information content (AvgIpc) is 2.03. The molecule has 3 nitrogen and oxygen atoms in total. The van der Waals surface area contributed by atoms with Gasteiger partial charge in [-0.25, -0.2) is 4.98 Å². The molecule has 0 bridgehead atoms. The van der Waals surface area contributed by atoms with Crippen LogP contribution in [0.3, 0.4) is 0 Å². The van der Waals surface area contributed by atoms with E-state index in [1.807, 2.05) is 6.92 Å². The topological polar surface area (TPSA) is 48.1 Å². The van der Waals surface area contributed by atoms with Crippen LogP contribution in [0.15, 0.2) is 18.8 Å². The molecule has 0 fully saturated rings. The van der Waals surface area contributed by atoms with E-state index in [2.05, 4.69) is 11.6 Å². The maximum Gasteiger partial charge on any atom is 0.131 e. The normalized spacial score (nSPS) is 9.50. The molecule has 1 aromatic rings. The number of allylic oxidation sites excluding steroid dienone is 1. The molecule has 0 aliphatic heterocycles. The number of anilines is 1. The summed E-state index contributed by atoms with van der Waals surface area (Å²) in [6, 6.07) is 1.68.